The summed E-state index contributed by atoms with van der Waals surface area (Å²) in [7, 11) is -3.63. The van der Waals surface area contributed by atoms with Gasteiger partial charge in [0.15, 0.2) is 0 Å². The molecule has 0 aliphatic carbocycles. The number of sulfonamides is 1. The van der Waals surface area contributed by atoms with E-state index in [1.807, 2.05) is 0 Å². The molecule has 0 fully saturated rings. The van der Waals surface area contributed by atoms with Gasteiger partial charge >= 0.3 is 0 Å². The van der Waals surface area contributed by atoms with Crippen molar-refractivity contribution >= 4 is 21.4 Å². The lowest BCUT2D eigenvalue weighted by Gasteiger charge is -2.14. The van der Waals surface area contributed by atoms with Crippen LogP contribution in [0.3, 0.4) is 0 Å². The molecule has 0 saturated heterocycles. The van der Waals surface area contributed by atoms with Gasteiger partial charge in [-0.1, -0.05) is 0 Å². The summed E-state index contributed by atoms with van der Waals surface area (Å²) in [5.74, 6) is 0. The molecule has 0 aliphatic rings. The first-order chi connectivity index (χ1) is 9.04. The maximum Gasteiger partial charge on any atom is 0.242 e. The topological polar surface area (TPSA) is 79.3 Å². The predicted molar refractivity (Wildman–Crippen MR) is 73.2 cm³/mol. The molecule has 7 heteroatoms. The van der Waals surface area contributed by atoms with Crippen molar-refractivity contribution in [2.75, 3.05) is 0 Å². The monoisotopic (exact) mass is 298 g/mol. The summed E-state index contributed by atoms with van der Waals surface area (Å²) >= 11 is 1.22. The van der Waals surface area contributed by atoms with Crippen LogP contribution in [0.4, 0.5) is 0 Å². The number of thiophene rings is 1. The second-order valence-corrected chi connectivity index (χ2v) is 6.67. The fourth-order valence-corrected chi connectivity index (χ4v) is 4.23. The third-order valence-electron chi connectivity index (χ3n) is 2.68. The Hall–Kier alpha value is -1.28. The van der Waals surface area contributed by atoms with E-state index >= 15 is 0 Å². The normalized spacial score (nSPS) is 13.4. The predicted octanol–water partition coefficient (Wildman–Crippen LogP) is 1.67. The van der Waals surface area contributed by atoms with Gasteiger partial charge in [0.25, 0.3) is 0 Å². The second-order valence-electron chi connectivity index (χ2n) is 3.99. The largest absolute Gasteiger partial charge is 0.391 e. The third kappa shape index (κ3) is 3.19. The number of pyridine rings is 1. The van der Waals surface area contributed by atoms with Crippen LogP contribution in [0.5, 0.6) is 0 Å². The van der Waals surface area contributed by atoms with Crippen LogP contribution in [-0.4, -0.2) is 18.5 Å². The highest BCUT2D eigenvalue weighted by Gasteiger charge is 2.22. The Kier molecular flexibility index (Phi) is 4.31. The van der Waals surface area contributed by atoms with E-state index in [1.165, 1.54) is 17.4 Å². The molecule has 2 aromatic rings. The first-order valence-corrected chi connectivity index (χ1v) is 8.00. The molecular weight excluding hydrogens is 284 g/mol. The van der Waals surface area contributed by atoms with Crippen LogP contribution in [0, 0.1) is 0 Å². The Morgan fingerprint density at radius 1 is 1.37 bits per heavy atom. The molecule has 0 amide bonds. The van der Waals surface area contributed by atoms with Crippen molar-refractivity contribution in [2.45, 2.75) is 24.5 Å². The molecule has 102 valence electrons. The van der Waals surface area contributed by atoms with Gasteiger partial charge in [-0.25, -0.2) is 13.1 Å². The molecule has 0 aliphatic heterocycles. The highest BCUT2D eigenvalue weighted by atomic mass is 32.2. The standard InChI is InChI=1S/C12H14N2O3S2/c1-9(10-2-5-13-6-3-10)14-19(16,17)12-4-7-18-11(12)8-15/h2-7,9,14-15H,8H2,1H3. The average Bonchev–Trinajstić information content (AvgIpc) is 2.88. The van der Waals surface area contributed by atoms with Crippen LogP contribution < -0.4 is 4.72 Å². The van der Waals surface area contributed by atoms with E-state index in [1.54, 1.807) is 36.8 Å². The van der Waals surface area contributed by atoms with Crippen LogP contribution >= 0.6 is 11.3 Å². The number of nitrogens with one attached hydrogen (secondary N) is 1. The summed E-state index contributed by atoms with van der Waals surface area (Å²) in [4.78, 5) is 4.47. The summed E-state index contributed by atoms with van der Waals surface area (Å²) in [6.45, 7) is 1.48. The van der Waals surface area contributed by atoms with Gasteiger partial charge in [-0.05, 0) is 36.1 Å². The van der Waals surface area contributed by atoms with Crippen LogP contribution in [-0.2, 0) is 16.6 Å². The molecule has 2 heterocycles. The molecule has 5 nitrogen and oxygen atoms in total. The van der Waals surface area contributed by atoms with Crippen LogP contribution in [0.15, 0.2) is 40.9 Å². The van der Waals surface area contributed by atoms with E-state index < -0.39 is 10.0 Å². The quantitative estimate of drug-likeness (QED) is 0.880. The Labute approximate surface area is 116 Å². The Balaban J connectivity index is 2.23. The van der Waals surface area contributed by atoms with Crippen LogP contribution in [0.25, 0.3) is 0 Å². The van der Waals surface area contributed by atoms with E-state index in [0.29, 0.717) is 4.88 Å². The molecule has 2 N–H and O–H groups in total. The summed E-state index contributed by atoms with van der Waals surface area (Å²) in [6.07, 6.45) is 3.23. The zero-order valence-corrected chi connectivity index (χ0v) is 11.9. The molecule has 0 aromatic carbocycles. The van der Waals surface area contributed by atoms with Crippen molar-refractivity contribution in [1.29, 1.82) is 0 Å². The molecule has 19 heavy (non-hydrogen) atoms. The minimum absolute atomic E-state index is 0.140. The van der Waals surface area contributed by atoms with Crippen molar-refractivity contribution in [3.05, 3.63) is 46.4 Å². The summed E-state index contributed by atoms with van der Waals surface area (Å²) in [5, 5.41) is 10.8. The first kappa shape index (κ1) is 14.1. The molecule has 1 atom stereocenters. The Bertz CT molecular complexity index is 638. The molecule has 0 radical (unpaired) electrons. The SMILES string of the molecule is CC(NS(=O)(=O)c1ccsc1CO)c1ccncc1. The van der Waals surface area contributed by atoms with Crippen LogP contribution in [0.1, 0.15) is 23.4 Å². The smallest absolute Gasteiger partial charge is 0.242 e. The molecule has 2 aromatic heterocycles. The maximum atomic E-state index is 12.2. The molecule has 0 bridgehead atoms. The number of aliphatic hydroxyl groups is 1. The van der Waals surface area contributed by atoms with Gasteiger partial charge in [0.1, 0.15) is 0 Å². The van der Waals surface area contributed by atoms with Crippen molar-refractivity contribution in [3.8, 4) is 0 Å². The second kappa shape index (κ2) is 5.79. The van der Waals surface area contributed by atoms with Gasteiger partial charge in [-0.2, -0.15) is 0 Å². The Morgan fingerprint density at radius 3 is 2.68 bits per heavy atom. The lowest BCUT2D eigenvalue weighted by Crippen LogP contribution is -2.27. The van der Waals surface area contributed by atoms with E-state index in [2.05, 4.69) is 9.71 Å². The lowest BCUT2D eigenvalue weighted by atomic mass is 10.1. The van der Waals surface area contributed by atoms with Gasteiger partial charge in [0, 0.05) is 23.3 Å². The van der Waals surface area contributed by atoms with Crippen molar-refractivity contribution in [1.82, 2.24) is 9.71 Å². The number of hydrogen-bond acceptors (Lipinski definition) is 5. The summed E-state index contributed by atoms with van der Waals surface area (Å²) in [6, 6.07) is 4.65. The van der Waals surface area contributed by atoms with E-state index in [9.17, 15) is 8.42 Å². The van der Waals surface area contributed by atoms with Crippen molar-refractivity contribution < 1.29 is 13.5 Å². The zero-order valence-electron chi connectivity index (χ0n) is 10.3. The first-order valence-electron chi connectivity index (χ1n) is 5.64. The fraction of sp³-hybridized carbons (Fsp3) is 0.250. The molecule has 0 saturated carbocycles. The fourth-order valence-electron chi connectivity index (χ4n) is 1.70. The third-order valence-corrected chi connectivity index (χ3v) is 5.34. The molecule has 1 unspecified atom stereocenters. The number of nitrogens with zero attached hydrogens (tertiary/aromatic N) is 1. The van der Waals surface area contributed by atoms with Gasteiger partial charge in [0.05, 0.1) is 11.5 Å². The minimum Gasteiger partial charge on any atom is -0.391 e. The number of aromatic nitrogens is 1. The summed E-state index contributed by atoms with van der Waals surface area (Å²) in [5.41, 5.74) is 0.833. The highest BCUT2D eigenvalue weighted by molar-refractivity contribution is 7.89. The van der Waals surface area contributed by atoms with E-state index in [0.717, 1.165) is 5.56 Å². The van der Waals surface area contributed by atoms with Gasteiger partial charge < -0.3 is 5.11 Å². The Morgan fingerprint density at radius 2 is 2.05 bits per heavy atom. The van der Waals surface area contributed by atoms with Gasteiger partial charge in [0.2, 0.25) is 10.0 Å². The average molecular weight is 298 g/mol. The molecule has 0 spiro atoms. The molecular formula is C12H14N2O3S2. The van der Waals surface area contributed by atoms with Crippen molar-refractivity contribution in [3.63, 3.8) is 0 Å². The highest BCUT2D eigenvalue weighted by Crippen LogP contribution is 2.23. The number of rotatable bonds is 5. The van der Waals surface area contributed by atoms with E-state index in [-0.39, 0.29) is 17.5 Å². The summed E-state index contributed by atoms with van der Waals surface area (Å²) < 4.78 is 27.0. The number of aliphatic hydroxyl groups excluding tert-OH is 1. The van der Waals surface area contributed by atoms with Crippen molar-refractivity contribution in [2.24, 2.45) is 0 Å². The number of hydrogen-bond donors (Lipinski definition) is 2. The maximum absolute atomic E-state index is 12.2. The van der Waals surface area contributed by atoms with E-state index in [4.69, 9.17) is 5.11 Å². The molecule has 2 rings (SSSR count). The zero-order chi connectivity index (χ0) is 13.9. The van der Waals surface area contributed by atoms with Gasteiger partial charge in [-0.3, -0.25) is 4.98 Å². The lowest BCUT2D eigenvalue weighted by molar-refractivity contribution is 0.282. The minimum atomic E-state index is -3.63. The van der Waals surface area contributed by atoms with Gasteiger partial charge in [-0.15, -0.1) is 11.3 Å². The van der Waals surface area contributed by atoms with Crippen LogP contribution in [0.2, 0.25) is 0 Å².